The Bertz CT molecular complexity index is 1220. The molecule has 3 heterocycles. The van der Waals surface area contributed by atoms with E-state index in [1.807, 2.05) is 7.05 Å². The topological polar surface area (TPSA) is 84.6 Å². The van der Waals surface area contributed by atoms with Gasteiger partial charge in [0.25, 0.3) is 5.91 Å². The summed E-state index contributed by atoms with van der Waals surface area (Å²) < 4.78 is 34.0. The van der Waals surface area contributed by atoms with E-state index >= 15 is 0 Å². The van der Waals surface area contributed by atoms with Crippen molar-refractivity contribution in [3.63, 3.8) is 0 Å². The van der Waals surface area contributed by atoms with Crippen LogP contribution in [0.4, 0.5) is 14.6 Å². The summed E-state index contributed by atoms with van der Waals surface area (Å²) in [5, 5.41) is -0.355. The van der Waals surface area contributed by atoms with Gasteiger partial charge in [-0.15, -0.1) is 0 Å². The number of hydrogen-bond acceptors (Lipinski definition) is 6. The highest BCUT2D eigenvalue weighted by Crippen LogP contribution is 2.34. The van der Waals surface area contributed by atoms with Gasteiger partial charge in [0, 0.05) is 43.5 Å². The van der Waals surface area contributed by atoms with Crippen LogP contribution in [-0.2, 0) is 0 Å². The summed E-state index contributed by atoms with van der Waals surface area (Å²) in [5.74, 6) is -1.37. The molecule has 0 bridgehead atoms. The number of nitrogen functional groups attached to an aromatic ring is 1. The van der Waals surface area contributed by atoms with E-state index in [0.29, 0.717) is 30.0 Å². The lowest BCUT2D eigenvalue weighted by molar-refractivity contribution is 0.0658. The molecule has 2 aromatic heterocycles. The van der Waals surface area contributed by atoms with Crippen LogP contribution in [0.15, 0.2) is 42.6 Å². The van der Waals surface area contributed by atoms with Gasteiger partial charge in [0.05, 0.1) is 10.7 Å². The SMILES string of the molecule is CC(Oc1cc(-c2cccc(C(=O)N3CCN(C)CC3)n2)cnc1N)c1c(F)ccc(F)c1Cl. The van der Waals surface area contributed by atoms with Crippen LogP contribution >= 0.6 is 11.6 Å². The molecule has 0 aliphatic carbocycles. The Balaban J connectivity index is 1.59. The molecular weight excluding hydrogens is 464 g/mol. The maximum Gasteiger partial charge on any atom is 0.272 e. The zero-order valence-electron chi connectivity index (χ0n) is 18.8. The Morgan fingerprint density at radius 1 is 1.15 bits per heavy atom. The Morgan fingerprint density at radius 3 is 2.59 bits per heavy atom. The first-order valence-electron chi connectivity index (χ1n) is 10.8. The smallest absolute Gasteiger partial charge is 0.272 e. The summed E-state index contributed by atoms with van der Waals surface area (Å²) in [5.41, 5.74) is 7.22. The van der Waals surface area contributed by atoms with Crippen molar-refractivity contribution >= 4 is 23.3 Å². The minimum atomic E-state index is -0.944. The molecule has 1 saturated heterocycles. The molecule has 1 aliphatic heterocycles. The van der Waals surface area contributed by atoms with Gasteiger partial charge in [0.1, 0.15) is 23.4 Å². The van der Waals surface area contributed by atoms with Crippen molar-refractivity contribution in [2.24, 2.45) is 0 Å². The van der Waals surface area contributed by atoms with Crippen molar-refractivity contribution in [1.82, 2.24) is 19.8 Å². The van der Waals surface area contributed by atoms with E-state index in [9.17, 15) is 13.6 Å². The fraction of sp³-hybridized carbons (Fsp3) is 0.292. The molecule has 2 N–H and O–H groups in total. The van der Waals surface area contributed by atoms with Gasteiger partial charge in [0.2, 0.25) is 0 Å². The monoisotopic (exact) mass is 487 g/mol. The molecule has 1 atom stereocenters. The third-order valence-electron chi connectivity index (χ3n) is 5.73. The second-order valence-corrected chi connectivity index (χ2v) is 8.51. The maximum absolute atomic E-state index is 14.3. The largest absolute Gasteiger partial charge is 0.482 e. The van der Waals surface area contributed by atoms with Crippen molar-refractivity contribution in [1.29, 1.82) is 0 Å². The molecule has 4 rings (SSSR count). The normalized spacial score (nSPS) is 15.3. The summed E-state index contributed by atoms with van der Waals surface area (Å²) in [6.07, 6.45) is 0.565. The van der Waals surface area contributed by atoms with Crippen LogP contribution in [0.2, 0.25) is 5.02 Å². The quantitative estimate of drug-likeness (QED) is 0.543. The minimum absolute atomic E-state index is 0.0631. The first kappa shape index (κ1) is 23.8. The number of carbonyl (C=O) groups excluding carboxylic acids is 1. The van der Waals surface area contributed by atoms with Crippen molar-refractivity contribution in [3.8, 4) is 17.0 Å². The molecule has 1 aromatic carbocycles. The zero-order chi connectivity index (χ0) is 24.4. The van der Waals surface area contributed by atoms with Crippen molar-refractivity contribution in [2.45, 2.75) is 13.0 Å². The van der Waals surface area contributed by atoms with E-state index < -0.39 is 17.7 Å². The number of pyridine rings is 2. The molecule has 0 radical (unpaired) electrons. The number of halogens is 3. The third kappa shape index (κ3) is 4.95. The Labute approximate surface area is 201 Å². The Hall–Kier alpha value is -3.30. The summed E-state index contributed by atoms with van der Waals surface area (Å²) in [6.45, 7) is 4.42. The van der Waals surface area contributed by atoms with E-state index in [2.05, 4.69) is 14.9 Å². The highest BCUT2D eigenvalue weighted by Gasteiger charge is 2.23. The Morgan fingerprint density at radius 2 is 1.85 bits per heavy atom. The molecule has 1 unspecified atom stereocenters. The average molecular weight is 488 g/mol. The number of amides is 1. The van der Waals surface area contributed by atoms with Gasteiger partial charge in [-0.3, -0.25) is 4.79 Å². The molecule has 1 aliphatic rings. The molecular formula is C24H24ClF2N5O2. The summed E-state index contributed by atoms with van der Waals surface area (Å²) in [6, 6.07) is 8.69. The first-order valence-corrected chi connectivity index (χ1v) is 11.1. The molecule has 0 saturated carbocycles. The Kier molecular flexibility index (Phi) is 6.95. The van der Waals surface area contributed by atoms with Crippen LogP contribution in [0, 0.1) is 11.6 Å². The second-order valence-electron chi connectivity index (χ2n) is 8.13. The van der Waals surface area contributed by atoms with Gasteiger partial charge in [-0.2, -0.15) is 0 Å². The highest BCUT2D eigenvalue weighted by atomic mass is 35.5. The minimum Gasteiger partial charge on any atom is -0.482 e. The van der Waals surface area contributed by atoms with Gasteiger partial charge >= 0.3 is 0 Å². The molecule has 34 heavy (non-hydrogen) atoms. The van der Waals surface area contributed by atoms with Crippen LogP contribution < -0.4 is 10.5 Å². The number of hydrogen-bond donors (Lipinski definition) is 1. The van der Waals surface area contributed by atoms with Crippen LogP contribution in [0.5, 0.6) is 5.75 Å². The lowest BCUT2D eigenvalue weighted by Gasteiger charge is -2.32. The number of nitrogens with zero attached hydrogens (tertiary/aromatic N) is 4. The fourth-order valence-corrected chi connectivity index (χ4v) is 4.05. The zero-order valence-corrected chi connectivity index (χ0v) is 19.5. The highest BCUT2D eigenvalue weighted by molar-refractivity contribution is 6.31. The van der Waals surface area contributed by atoms with E-state index in [4.69, 9.17) is 22.1 Å². The molecule has 3 aromatic rings. The van der Waals surface area contributed by atoms with Gasteiger partial charge in [0.15, 0.2) is 11.6 Å². The van der Waals surface area contributed by atoms with Gasteiger partial charge in [-0.1, -0.05) is 17.7 Å². The fourth-order valence-electron chi connectivity index (χ4n) is 3.74. The number of aromatic nitrogens is 2. The molecule has 178 valence electrons. The molecule has 0 spiro atoms. The van der Waals surface area contributed by atoms with E-state index in [0.717, 1.165) is 25.2 Å². The second kappa shape index (κ2) is 9.90. The number of ether oxygens (including phenoxy) is 1. The van der Waals surface area contributed by atoms with E-state index in [1.54, 1.807) is 29.2 Å². The summed E-state index contributed by atoms with van der Waals surface area (Å²) in [4.78, 5) is 25.5. The third-order valence-corrected chi connectivity index (χ3v) is 6.11. The molecule has 1 amide bonds. The van der Waals surface area contributed by atoms with Gasteiger partial charge in [-0.25, -0.2) is 18.7 Å². The average Bonchev–Trinajstić information content (AvgIpc) is 2.83. The van der Waals surface area contributed by atoms with Crippen LogP contribution in [0.3, 0.4) is 0 Å². The molecule has 10 heteroatoms. The molecule has 1 fully saturated rings. The lowest BCUT2D eigenvalue weighted by atomic mass is 10.1. The number of piperazine rings is 1. The summed E-state index contributed by atoms with van der Waals surface area (Å²) in [7, 11) is 2.02. The van der Waals surface area contributed by atoms with Crippen LogP contribution in [0.25, 0.3) is 11.3 Å². The van der Waals surface area contributed by atoms with Gasteiger partial charge < -0.3 is 20.3 Å². The standard InChI is InChI=1S/C24H24ClF2N5O2/c1-14(21-16(26)6-7-17(27)22(21)25)34-20-12-15(13-29-23(20)28)18-4-3-5-19(30-18)24(33)32-10-8-31(2)9-11-32/h3-7,12-14H,8-11H2,1-2H3,(H2,28,29). The van der Waals surface area contributed by atoms with Crippen molar-refractivity contribution in [3.05, 3.63) is 70.5 Å². The van der Waals surface area contributed by atoms with Gasteiger partial charge in [-0.05, 0) is 44.3 Å². The number of carbonyl (C=O) groups is 1. The summed E-state index contributed by atoms with van der Waals surface area (Å²) >= 11 is 5.96. The van der Waals surface area contributed by atoms with Crippen LogP contribution in [0.1, 0.15) is 29.1 Å². The number of likely N-dealkylation sites (N-methyl/N-ethyl adjacent to an activating group) is 1. The number of anilines is 1. The maximum atomic E-state index is 14.3. The number of rotatable bonds is 5. The first-order chi connectivity index (χ1) is 16.2. The predicted molar refractivity (Wildman–Crippen MR) is 126 cm³/mol. The number of benzene rings is 1. The van der Waals surface area contributed by atoms with Crippen LogP contribution in [-0.4, -0.2) is 58.9 Å². The molecule has 7 nitrogen and oxygen atoms in total. The lowest BCUT2D eigenvalue weighted by Crippen LogP contribution is -2.47. The predicted octanol–water partition coefficient (Wildman–Crippen LogP) is 4.19. The van der Waals surface area contributed by atoms with Crippen molar-refractivity contribution < 1.29 is 18.3 Å². The van der Waals surface area contributed by atoms with E-state index in [1.165, 1.54) is 13.1 Å². The number of nitrogens with two attached hydrogens (primary N) is 1. The van der Waals surface area contributed by atoms with E-state index in [-0.39, 0.29) is 28.1 Å². The van der Waals surface area contributed by atoms with Crippen molar-refractivity contribution in [2.75, 3.05) is 39.0 Å².